The lowest BCUT2D eigenvalue weighted by Crippen LogP contribution is -2.19. The van der Waals surface area contributed by atoms with Crippen LogP contribution in [0.15, 0.2) is 24.3 Å². The summed E-state index contributed by atoms with van der Waals surface area (Å²) in [5, 5.41) is 9.63. The van der Waals surface area contributed by atoms with Crippen LogP contribution >= 0.6 is 0 Å². The van der Waals surface area contributed by atoms with E-state index in [1.165, 1.54) is 0 Å². The Morgan fingerprint density at radius 3 is 2.60 bits per heavy atom. The van der Waals surface area contributed by atoms with Crippen molar-refractivity contribution in [2.45, 2.75) is 32.9 Å². The van der Waals surface area contributed by atoms with Crippen LogP contribution in [0, 0.1) is 6.92 Å². The Labute approximate surface area is 89.4 Å². The van der Waals surface area contributed by atoms with Crippen molar-refractivity contribution in [2.75, 3.05) is 0 Å². The first kappa shape index (κ1) is 10.2. The van der Waals surface area contributed by atoms with Gasteiger partial charge in [0.25, 0.3) is 0 Å². The van der Waals surface area contributed by atoms with Gasteiger partial charge in [-0.2, -0.15) is 0 Å². The first-order valence-electron chi connectivity index (χ1n) is 5.23. The highest BCUT2D eigenvalue weighted by Crippen LogP contribution is 2.22. The fourth-order valence-electron chi connectivity index (χ4n) is 1.89. The maximum atomic E-state index is 9.63. The maximum absolute atomic E-state index is 9.63. The van der Waals surface area contributed by atoms with Crippen molar-refractivity contribution in [1.29, 1.82) is 0 Å². The van der Waals surface area contributed by atoms with Gasteiger partial charge in [-0.1, -0.05) is 12.1 Å². The summed E-state index contributed by atoms with van der Waals surface area (Å²) in [4.78, 5) is 4.47. The van der Waals surface area contributed by atoms with Crippen LogP contribution < -0.4 is 0 Å². The third kappa shape index (κ3) is 1.63. The number of nitrogens with zero attached hydrogens (tertiary/aromatic N) is 2. The highest BCUT2D eigenvalue weighted by Gasteiger charge is 2.16. The number of fused-ring (bicyclic) bond motifs is 1. The van der Waals surface area contributed by atoms with Gasteiger partial charge in [-0.05, 0) is 32.9 Å². The SMILES string of the molecule is Cc1nc2ccccc2n1C(C)C(C)O. The molecule has 3 nitrogen and oxygen atoms in total. The molecule has 2 aromatic rings. The van der Waals surface area contributed by atoms with Crippen molar-refractivity contribution >= 4 is 11.0 Å². The van der Waals surface area contributed by atoms with Crippen molar-refractivity contribution < 1.29 is 5.11 Å². The predicted molar refractivity (Wildman–Crippen MR) is 60.9 cm³/mol. The van der Waals surface area contributed by atoms with Crippen LogP contribution in [0.2, 0.25) is 0 Å². The average molecular weight is 204 g/mol. The monoisotopic (exact) mass is 204 g/mol. The summed E-state index contributed by atoms with van der Waals surface area (Å²) >= 11 is 0. The van der Waals surface area contributed by atoms with Crippen molar-refractivity contribution in [2.24, 2.45) is 0 Å². The van der Waals surface area contributed by atoms with E-state index in [2.05, 4.69) is 9.55 Å². The molecule has 2 rings (SSSR count). The van der Waals surface area contributed by atoms with E-state index in [9.17, 15) is 5.11 Å². The molecule has 0 aliphatic carbocycles. The summed E-state index contributed by atoms with van der Waals surface area (Å²) in [6.07, 6.45) is -0.374. The van der Waals surface area contributed by atoms with Crippen LogP contribution in [0.1, 0.15) is 25.7 Å². The van der Waals surface area contributed by atoms with Crippen molar-refractivity contribution in [3.05, 3.63) is 30.1 Å². The molecule has 80 valence electrons. The molecule has 0 radical (unpaired) electrons. The second kappa shape index (κ2) is 3.66. The Kier molecular flexibility index (Phi) is 2.49. The van der Waals surface area contributed by atoms with Gasteiger partial charge in [-0.15, -0.1) is 0 Å². The van der Waals surface area contributed by atoms with Gasteiger partial charge in [-0.3, -0.25) is 0 Å². The minimum absolute atomic E-state index is 0.0531. The molecule has 0 saturated heterocycles. The second-order valence-corrected chi connectivity index (χ2v) is 4.00. The molecule has 2 atom stereocenters. The van der Waals surface area contributed by atoms with Gasteiger partial charge in [0.15, 0.2) is 0 Å². The highest BCUT2D eigenvalue weighted by molar-refractivity contribution is 5.76. The fourth-order valence-corrected chi connectivity index (χ4v) is 1.89. The first-order valence-corrected chi connectivity index (χ1v) is 5.23. The minimum atomic E-state index is -0.374. The molecular formula is C12H16N2O. The molecule has 2 unspecified atom stereocenters. The molecule has 3 heteroatoms. The largest absolute Gasteiger partial charge is 0.391 e. The molecule has 0 saturated carbocycles. The molecule has 0 amide bonds. The summed E-state index contributed by atoms with van der Waals surface area (Å²) in [6, 6.07) is 8.06. The van der Waals surface area contributed by atoms with Crippen molar-refractivity contribution in [1.82, 2.24) is 9.55 Å². The summed E-state index contributed by atoms with van der Waals surface area (Å²) in [5.74, 6) is 0.949. The molecule has 0 fully saturated rings. The number of hydrogen-bond acceptors (Lipinski definition) is 2. The van der Waals surface area contributed by atoms with Crippen LogP contribution in [0.3, 0.4) is 0 Å². The molecule has 0 aliphatic rings. The van der Waals surface area contributed by atoms with Crippen LogP contribution in [-0.2, 0) is 0 Å². The Morgan fingerprint density at radius 2 is 1.93 bits per heavy atom. The lowest BCUT2D eigenvalue weighted by atomic mass is 10.2. The number of aryl methyl sites for hydroxylation is 1. The summed E-state index contributed by atoms with van der Waals surface area (Å²) < 4.78 is 2.08. The summed E-state index contributed by atoms with van der Waals surface area (Å²) in [6.45, 7) is 5.78. The number of para-hydroxylation sites is 2. The zero-order valence-corrected chi connectivity index (χ0v) is 9.31. The van der Waals surface area contributed by atoms with Gasteiger partial charge >= 0.3 is 0 Å². The molecule has 1 aromatic carbocycles. The molecule has 15 heavy (non-hydrogen) atoms. The number of hydrogen-bond donors (Lipinski definition) is 1. The summed E-state index contributed by atoms with van der Waals surface area (Å²) in [7, 11) is 0. The molecule has 1 aromatic heterocycles. The Balaban J connectivity index is 2.63. The van der Waals surface area contributed by atoms with Crippen LogP contribution in [-0.4, -0.2) is 20.8 Å². The van der Waals surface area contributed by atoms with E-state index in [0.717, 1.165) is 16.9 Å². The molecular weight excluding hydrogens is 188 g/mol. The van der Waals surface area contributed by atoms with Crippen LogP contribution in [0.5, 0.6) is 0 Å². The van der Waals surface area contributed by atoms with Gasteiger partial charge in [0.2, 0.25) is 0 Å². The van der Waals surface area contributed by atoms with Gasteiger partial charge in [0.05, 0.1) is 23.2 Å². The van der Waals surface area contributed by atoms with Crippen LogP contribution in [0.4, 0.5) is 0 Å². The van der Waals surface area contributed by atoms with Gasteiger partial charge in [-0.25, -0.2) is 4.98 Å². The normalized spacial score (nSPS) is 15.5. The van der Waals surface area contributed by atoms with Crippen LogP contribution in [0.25, 0.3) is 11.0 Å². The topological polar surface area (TPSA) is 38.0 Å². The zero-order valence-electron chi connectivity index (χ0n) is 9.31. The Hall–Kier alpha value is -1.35. The molecule has 0 spiro atoms. The van der Waals surface area contributed by atoms with E-state index in [1.54, 1.807) is 6.92 Å². The number of imidazole rings is 1. The zero-order chi connectivity index (χ0) is 11.0. The highest BCUT2D eigenvalue weighted by atomic mass is 16.3. The molecule has 0 aliphatic heterocycles. The summed E-state index contributed by atoms with van der Waals surface area (Å²) in [5.41, 5.74) is 2.07. The Bertz CT molecular complexity index is 473. The van der Waals surface area contributed by atoms with Gasteiger partial charge in [0, 0.05) is 0 Å². The number of aliphatic hydroxyl groups excluding tert-OH is 1. The number of rotatable bonds is 2. The maximum Gasteiger partial charge on any atom is 0.107 e. The molecule has 0 bridgehead atoms. The van der Waals surface area contributed by atoms with E-state index in [-0.39, 0.29) is 12.1 Å². The quantitative estimate of drug-likeness (QED) is 0.815. The van der Waals surface area contributed by atoms with E-state index in [1.807, 2.05) is 38.1 Å². The third-order valence-electron chi connectivity index (χ3n) is 2.88. The lowest BCUT2D eigenvalue weighted by molar-refractivity contribution is 0.140. The second-order valence-electron chi connectivity index (χ2n) is 4.00. The smallest absolute Gasteiger partial charge is 0.107 e. The predicted octanol–water partition coefficient (Wildman–Crippen LogP) is 2.29. The van der Waals surface area contributed by atoms with E-state index in [4.69, 9.17) is 0 Å². The van der Waals surface area contributed by atoms with E-state index < -0.39 is 0 Å². The third-order valence-corrected chi connectivity index (χ3v) is 2.88. The lowest BCUT2D eigenvalue weighted by Gasteiger charge is -2.19. The van der Waals surface area contributed by atoms with Gasteiger partial charge in [0.1, 0.15) is 5.82 Å². The van der Waals surface area contributed by atoms with E-state index in [0.29, 0.717) is 0 Å². The van der Waals surface area contributed by atoms with E-state index >= 15 is 0 Å². The fraction of sp³-hybridized carbons (Fsp3) is 0.417. The average Bonchev–Trinajstić information content (AvgIpc) is 2.52. The Morgan fingerprint density at radius 1 is 1.27 bits per heavy atom. The number of aliphatic hydroxyl groups is 1. The first-order chi connectivity index (χ1) is 7.11. The number of aromatic nitrogens is 2. The van der Waals surface area contributed by atoms with Crippen molar-refractivity contribution in [3.63, 3.8) is 0 Å². The van der Waals surface area contributed by atoms with Gasteiger partial charge < -0.3 is 9.67 Å². The molecule has 1 heterocycles. The molecule has 1 N–H and O–H groups in total. The standard InChI is InChI=1S/C12H16N2O/c1-8(9(2)15)14-10(3)13-11-6-4-5-7-12(11)14/h4-9,15H,1-3H3. The minimum Gasteiger partial charge on any atom is -0.391 e. The number of benzene rings is 1. The van der Waals surface area contributed by atoms with Crippen molar-refractivity contribution in [3.8, 4) is 0 Å².